The predicted molar refractivity (Wildman–Crippen MR) is 85.5 cm³/mol. The van der Waals surface area contributed by atoms with Crippen LogP contribution in [0.1, 0.15) is 11.1 Å². The highest BCUT2D eigenvalue weighted by Gasteiger charge is 2.17. The third kappa shape index (κ3) is 2.26. The summed E-state index contributed by atoms with van der Waals surface area (Å²) in [5.74, 6) is 0.586. The van der Waals surface area contributed by atoms with E-state index in [9.17, 15) is 10.1 Å². The molecular formula is C16H9BrN2O3. The topological polar surface area (TPSA) is 80.1 Å². The molecule has 1 aromatic heterocycles. The third-order valence-electron chi connectivity index (χ3n) is 3.43. The molecule has 3 rings (SSSR count). The van der Waals surface area contributed by atoms with Crippen LogP contribution in [0.2, 0.25) is 0 Å². The van der Waals surface area contributed by atoms with Gasteiger partial charge in [-0.15, -0.1) is 0 Å². The van der Waals surface area contributed by atoms with Crippen LogP contribution in [-0.4, -0.2) is 4.92 Å². The second-order valence-electron chi connectivity index (χ2n) is 4.82. The number of furan rings is 1. The largest absolute Gasteiger partial charge is 0.455 e. The minimum absolute atomic E-state index is 0.0173. The van der Waals surface area contributed by atoms with Gasteiger partial charge in [-0.2, -0.15) is 5.26 Å². The molecule has 0 fully saturated rings. The van der Waals surface area contributed by atoms with Crippen LogP contribution < -0.4 is 0 Å². The van der Waals surface area contributed by atoms with Gasteiger partial charge in [-0.3, -0.25) is 10.1 Å². The van der Waals surface area contributed by atoms with E-state index in [1.807, 2.05) is 13.0 Å². The summed E-state index contributed by atoms with van der Waals surface area (Å²) < 4.78 is 6.51. The van der Waals surface area contributed by atoms with Gasteiger partial charge in [0.2, 0.25) is 0 Å². The lowest BCUT2D eigenvalue weighted by molar-refractivity contribution is -0.384. The molecule has 0 bridgehead atoms. The van der Waals surface area contributed by atoms with E-state index in [0.717, 1.165) is 21.0 Å². The van der Waals surface area contributed by atoms with E-state index in [1.165, 1.54) is 12.1 Å². The van der Waals surface area contributed by atoms with Crippen molar-refractivity contribution in [3.05, 3.63) is 62.1 Å². The zero-order chi connectivity index (χ0) is 15.9. The summed E-state index contributed by atoms with van der Waals surface area (Å²) in [7, 11) is 0. The highest BCUT2D eigenvalue weighted by Crippen LogP contribution is 2.39. The first kappa shape index (κ1) is 14.3. The average Bonchev–Trinajstić information content (AvgIpc) is 2.83. The van der Waals surface area contributed by atoms with Crippen LogP contribution in [0.3, 0.4) is 0 Å². The first-order valence-corrected chi connectivity index (χ1v) is 7.18. The van der Waals surface area contributed by atoms with Crippen molar-refractivity contribution in [2.24, 2.45) is 0 Å². The van der Waals surface area contributed by atoms with Crippen molar-refractivity contribution in [1.29, 1.82) is 5.26 Å². The first-order valence-electron chi connectivity index (χ1n) is 6.39. The first-order chi connectivity index (χ1) is 10.5. The molecule has 6 heteroatoms. The number of benzene rings is 2. The highest BCUT2D eigenvalue weighted by atomic mass is 79.9. The van der Waals surface area contributed by atoms with Crippen LogP contribution in [0.25, 0.3) is 22.3 Å². The highest BCUT2D eigenvalue weighted by molar-refractivity contribution is 9.10. The normalized spacial score (nSPS) is 10.6. The quantitative estimate of drug-likeness (QED) is 0.480. The maximum absolute atomic E-state index is 10.8. The summed E-state index contributed by atoms with van der Waals surface area (Å²) in [6.07, 6.45) is 0. The second-order valence-corrected chi connectivity index (χ2v) is 5.62. The number of halogens is 1. The molecule has 5 nitrogen and oxygen atoms in total. The Morgan fingerprint density at radius 2 is 2.05 bits per heavy atom. The lowest BCUT2D eigenvalue weighted by atomic mass is 10.0. The van der Waals surface area contributed by atoms with E-state index in [4.69, 9.17) is 9.68 Å². The Hall–Kier alpha value is -2.65. The van der Waals surface area contributed by atoms with Gasteiger partial charge in [-0.05, 0) is 52.7 Å². The molecule has 22 heavy (non-hydrogen) atoms. The molecule has 0 radical (unpaired) electrons. The summed E-state index contributed by atoms with van der Waals surface area (Å²) in [4.78, 5) is 10.4. The molecule has 0 aliphatic carbocycles. The van der Waals surface area contributed by atoms with E-state index in [0.29, 0.717) is 16.9 Å². The van der Waals surface area contributed by atoms with Gasteiger partial charge in [-0.1, -0.05) is 0 Å². The maximum atomic E-state index is 10.8. The van der Waals surface area contributed by atoms with Crippen LogP contribution in [0.4, 0.5) is 5.69 Å². The zero-order valence-electron chi connectivity index (χ0n) is 11.5. The van der Waals surface area contributed by atoms with Crippen LogP contribution in [0, 0.1) is 28.4 Å². The Morgan fingerprint density at radius 1 is 1.27 bits per heavy atom. The summed E-state index contributed by atoms with van der Waals surface area (Å²) in [5, 5.41) is 20.6. The number of non-ortho nitro benzene ring substituents is 1. The fraction of sp³-hybridized carbons (Fsp3) is 0.0625. The Morgan fingerprint density at radius 3 is 2.68 bits per heavy atom. The molecule has 3 aromatic rings. The molecule has 108 valence electrons. The van der Waals surface area contributed by atoms with E-state index in [-0.39, 0.29) is 5.69 Å². The van der Waals surface area contributed by atoms with Crippen molar-refractivity contribution in [3.8, 4) is 17.4 Å². The standard InChI is InChI=1S/C16H9BrN2O3/c1-9-6-10(2-3-11(9)8-18)16-15(17)13-5-4-12(19(20)21)7-14(13)22-16/h2-7H,1H3. The summed E-state index contributed by atoms with van der Waals surface area (Å²) in [6, 6.07) is 12.0. The number of nitriles is 1. The van der Waals surface area contributed by atoms with Gasteiger partial charge in [-0.25, -0.2) is 0 Å². The average molecular weight is 357 g/mol. The number of nitro groups is 1. The van der Waals surface area contributed by atoms with E-state index < -0.39 is 4.92 Å². The van der Waals surface area contributed by atoms with Crippen molar-refractivity contribution in [2.45, 2.75) is 6.92 Å². The number of nitrogens with zero attached hydrogens (tertiary/aromatic N) is 2. The number of fused-ring (bicyclic) bond motifs is 1. The monoisotopic (exact) mass is 356 g/mol. The van der Waals surface area contributed by atoms with E-state index in [1.54, 1.807) is 18.2 Å². The maximum Gasteiger partial charge on any atom is 0.273 e. The van der Waals surface area contributed by atoms with E-state index >= 15 is 0 Å². The van der Waals surface area contributed by atoms with Crippen LogP contribution >= 0.6 is 15.9 Å². The number of hydrogen-bond acceptors (Lipinski definition) is 4. The zero-order valence-corrected chi connectivity index (χ0v) is 13.0. The molecular weight excluding hydrogens is 348 g/mol. The van der Waals surface area contributed by atoms with Gasteiger partial charge in [0.25, 0.3) is 5.69 Å². The number of aryl methyl sites for hydroxylation is 1. The number of nitro benzene ring substituents is 1. The minimum atomic E-state index is -0.457. The number of hydrogen-bond donors (Lipinski definition) is 0. The lowest BCUT2D eigenvalue weighted by Crippen LogP contribution is -1.85. The van der Waals surface area contributed by atoms with Crippen LogP contribution in [0.15, 0.2) is 45.3 Å². The molecule has 0 saturated carbocycles. The van der Waals surface area contributed by atoms with Crippen molar-refractivity contribution >= 4 is 32.6 Å². The fourth-order valence-electron chi connectivity index (χ4n) is 2.28. The Bertz CT molecular complexity index is 954. The van der Waals surface area contributed by atoms with E-state index in [2.05, 4.69) is 22.0 Å². The van der Waals surface area contributed by atoms with Gasteiger partial charge in [0, 0.05) is 17.0 Å². The van der Waals surface area contributed by atoms with Crippen molar-refractivity contribution < 1.29 is 9.34 Å². The summed E-state index contributed by atoms with van der Waals surface area (Å²) in [6.45, 7) is 1.85. The molecule has 0 unspecified atom stereocenters. The number of rotatable bonds is 2. The van der Waals surface area contributed by atoms with Crippen molar-refractivity contribution in [2.75, 3.05) is 0 Å². The summed E-state index contributed by atoms with van der Waals surface area (Å²) >= 11 is 3.48. The second kappa shape index (κ2) is 5.28. The van der Waals surface area contributed by atoms with Gasteiger partial charge < -0.3 is 4.42 Å². The Balaban J connectivity index is 2.19. The molecule has 1 heterocycles. The molecule has 0 aliphatic rings. The SMILES string of the molecule is Cc1cc(-c2oc3cc([N+](=O)[O-])ccc3c2Br)ccc1C#N. The smallest absolute Gasteiger partial charge is 0.273 e. The molecule has 2 aromatic carbocycles. The van der Waals surface area contributed by atoms with Crippen molar-refractivity contribution in [3.63, 3.8) is 0 Å². The Labute approximate surface area is 134 Å². The molecule has 0 spiro atoms. The van der Waals surface area contributed by atoms with Gasteiger partial charge in [0.15, 0.2) is 0 Å². The predicted octanol–water partition coefficient (Wildman–Crippen LogP) is 4.95. The Kier molecular flexibility index (Phi) is 3.43. The fourth-order valence-corrected chi connectivity index (χ4v) is 2.92. The molecule has 0 atom stereocenters. The molecule has 0 aliphatic heterocycles. The van der Waals surface area contributed by atoms with Gasteiger partial charge in [0.05, 0.1) is 27.1 Å². The van der Waals surface area contributed by atoms with Crippen molar-refractivity contribution in [1.82, 2.24) is 0 Å². The molecule has 0 amide bonds. The van der Waals surface area contributed by atoms with Gasteiger partial charge in [0.1, 0.15) is 11.3 Å². The summed E-state index contributed by atoms with van der Waals surface area (Å²) in [5.41, 5.74) is 2.68. The van der Waals surface area contributed by atoms with Gasteiger partial charge >= 0.3 is 0 Å². The van der Waals surface area contributed by atoms with Crippen LogP contribution in [0.5, 0.6) is 0 Å². The molecule has 0 saturated heterocycles. The minimum Gasteiger partial charge on any atom is -0.455 e. The third-order valence-corrected chi connectivity index (χ3v) is 4.22. The molecule has 0 N–H and O–H groups in total. The van der Waals surface area contributed by atoms with Crippen LogP contribution in [-0.2, 0) is 0 Å². The lowest BCUT2D eigenvalue weighted by Gasteiger charge is -2.01.